The fourth-order valence-electron chi connectivity index (χ4n) is 3.29. The van der Waals surface area contributed by atoms with Gasteiger partial charge in [-0.05, 0) is 72.1 Å². The van der Waals surface area contributed by atoms with Gasteiger partial charge in [-0.25, -0.2) is 9.78 Å². The van der Waals surface area contributed by atoms with Gasteiger partial charge in [0.2, 0.25) is 0 Å². The summed E-state index contributed by atoms with van der Waals surface area (Å²) in [5.41, 5.74) is 1.03. The second-order valence-corrected chi connectivity index (χ2v) is 9.93. The lowest BCUT2D eigenvalue weighted by molar-refractivity contribution is -0.149. The molecule has 0 aliphatic rings. The van der Waals surface area contributed by atoms with Gasteiger partial charge in [0.05, 0.1) is 34.8 Å². The molecule has 0 N–H and O–H groups in total. The van der Waals surface area contributed by atoms with E-state index in [0.717, 1.165) is 10.9 Å². The van der Waals surface area contributed by atoms with Gasteiger partial charge in [-0.1, -0.05) is 29.8 Å². The number of methoxy groups -OCH3 is 1. The number of nitrogens with zero attached hydrogens (tertiary/aromatic N) is 3. The molecular formula is C25H27Br2N3O5. The van der Waals surface area contributed by atoms with Crippen molar-refractivity contribution in [1.82, 2.24) is 9.66 Å². The molecule has 35 heavy (non-hydrogen) atoms. The molecule has 0 spiro atoms. The standard InChI is InChI=1S/C25H27Br2N3O5/c1-6-15(4)24-29-20-8-7-17(26)11-18(20)25(32)30(24)28-12-16-9-19(27)23(21(10-16)33-5)34-13-22(31)35-14(2)3/h7-12,14-15H,6,13H2,1-5H3/t15-/m1/s1. The van der Waals surface area contributed by atoms with Crippen LogP contribution in [0.3, 0.4) is 0 Å². The van der Waals surface area contributed by atoms with Crippen LogP contribution in [0.15, 0.2) is 49.2 Å². The van der Waals surface area contributed by atoms with Gasteiger partial charge in [-0.15, -0.1) is 0 Å². The second kappa shape index (κ2) is 11.8. The number of ether oxygens (including phenoxy) is 3. The van der Waals surface area contributed by atoms with Crippen LogP contribution in [0.2, 0.25) is 0 Å². The van der Waals surface area contributed by atoms with E-state index in [9.17, 15) is 9.59 Å². The predicted molar refractivity (Wildman–Crippen MR) is 143 cm³/mol. The number of fused-ring (bicyclic) bond motifs is 1. The van der Waals surface area contributed by atoms with E-state index in [-0.39, 0.29) is 24.2 Å². The fourth-order valence-corrected chi connectivity index (χ4v) is 4.22. The molecule has 0 saturated heterocycles. The number of hydrogen-bond donors (Lipinski definition) is 0. The quantitative estimate of drug-likeness (QED) is 0.230. The summed E-state index contributed by atoms with van der Waals surface area (Å²) in [6.07, 6.45) is 2.13. The van der Waals surface area contributed by atoms with Crippen molar-refractivity contribution in [3.05, 3.63) is 61.0 Å². The SMILES string of the molecule is CC[C@@H](C)c1nc2ccc(Br)cc2c(=O)n1N=Cc1cc(Br)c(OCC(=O)OC(C)C)c(OC)c1. The van der Waals surface area contributed by atoms with E-state index in [1.807, 2.05) is 26.0 Å². The van der Waals surface area contributed by atoms with Crippen LogP contribution in [0.1, 0.15) is 51.4 Å². The van der Waals surface area contributed by atoms with Gasteiger partial charge in [-0.2, -0.15) is 9.78 Å². The normalized spacial score (nSPS) is 12.3. The van der Waals surface area contributed by atoms with Crippen LogP contribution in [0.4, 0.5) is 0 Å². The molecule has 0 unspecified atom stereocenters. The number of carbonyl (C=O) groups excluding carboxylic acids is 1. The molecule has 1 aromatic heterocycles. The first-order valence-corrected chi connectivity index (χ1v) is 12.7. The van der Waals surface area contributed by atoms with Gasteiger partial charge in [0.15, 0.2) is 18.1 Å². The average Bonchev–Trinajstić information content (AvgIpc) is 2.81. The lowest BCUT2D eigenvalue weighted by atomic mass is 10.1. The number of hydrogen-bond acceptors (Lipinski definition) is 7. The van der Waals surface area contributed by atoms with E-state index in [1.54, 1.807) is 38.3 Å². The molecule has 8 nitrogen and oxygen atoms in total. The lowest BCUT2D eigenvalue weighted by Crippen LogP contribution is -2.23. The van der Waals surface area contributed by atoms with Crippen LogP contribution in [0.5, 0.6) is 11.5 Å². The van der Waals surface area contributed by atoms with Crippen molar-refractivity contribution in [1.29, 1.82) is 0 Å². The first-order valence-electron chi connectivity index (χ1n) is 11.1. The third-order valence-corrected chi connectivity index (χ3v) is 6.24. The highest BCUT2D eigenvalue weighted by molar-refractivity contribution is 9.10. The molecule has 0 radical (unpaired) electrons. The van der Waals surface area contributed by atoms with Crippen LogP contribution in [0, 0.1) is 0 Å². The molecule has 3 rings (SSSR count). The van der Waals surface area contributed by atoms with Gasteiger partial charge in [-0.3, -0.25) is 4.79 Å². The number of esters is 1. The number of halogens is 2. The Labute approximate surface area is 220 Å². The predicted octanol–water partition coefficient (Wildman–Crippen LogP) is 5.66. The molecule has 0 amide bonds. The van der Waals surface area contributed by atoms with Crippen LogP contribution < -0.4 is 15.0 Å². The maximum absolute atomic E-state index is 13.3. The minimum atomic E-state index is -0.480. The van der Waals surface area contributed by atoms with Crippen molar-refractivity contribution in [3.8, 4) is 11.5 Å². The Morgan fingerprint density at radius 2 is 1.94 bits per heavy atom. The summed E-state index contributed by atoms with van der Waals surface area (Å²) in [7, 11) is 1.50. The summed E-state index contributed by atoms with van der Waals surface area (Å²) >= 11 is 6.88. The van der Waals surface area contributed by atoms with Gasteiger partial charge in [0.25, 0.3) is 5.56 Å². The zero-order valence-electron chi connectivity index (χ0n) is 20.2. The monoisotopic (exact) mass is 607 g/mol. The van der Waals surface area contributed by atoms with E-state index in [4.69, 9.17) is 19.2 Å². The van der Waals surface area contributed by atoms with Gasteiger partial charge in [0.1, 0.15) is 5.82 Å². The molecule has 0 aliphatic heterocycles. The summed E-state index contributed by atoms with van der Waals surface area (Å²) in [5, 5.41) is 4.96. The Balaban J connectivity index is 1.99. The molecule has 0 fully saturated rings. The smallest absolute Gasteiger partial charge is 0.344 e. The molecule has 2 aromatic carbocycles. The third kappa shape index (κ3) is 6.49. The number of aromatic nitrogens is 2. The molecule has 3 aromatic rings. The molecule has 186 valence electrons. The number of carbonyl (C=O) groups is 1. The van der Waals surface area contributed by atoms with E-state index in [1.165, 1.54) is 11.8 Å². The van der Waals surface area contributed by atoms with Crippen molar-refractivity contribution in [2.24, 2.45) is 5.10 Å². The highest BCUT2D eigenvalue weighted by Crippen LogP contribution is 2.36. The average molecular weight is 609 g/mol. The van der Waals surface area contributed by atoms with Crippen molar-refractivity contribution in [2.75, 3.05) is 13.7 Å². The van der Waals surface area contributed by atoms with Gasteiger partial charge >= 0.3 is 5.97 Å². The first kappa shape index (κ1) is 26.9. The first-order chi connectivity index (χ1) is 16.6. The number of benzene rings is 2. The van der Waals surface area contributed by atoms with Crippen molar-refractivity contribution >= 4 is 54.9 Å². The molecular weight excluding hydrogens is 582 g/mol. The van der Waals surface area contributed by atoms with Crippen LogP contribution in [-0.4, -0.2) is 41.7 Å². The van der Waals surface area contributed by atoms with E-state index >= 15 is 0 Å². The largest absolute Gasteiger partial charge is 0.493 e. The van der Waals surface area contributed by atoms with Crippen LogP contribution >= 0.6 is 31.9 Å². The van der Waals surface area contributed by atoms with Gasteiger partial charge in [0, 0.05) is 10.4 Å². The molecule has 0 aliphatic carbocycles. The summed E-state index contributed by atoms with van der Waals surface area (Å²) in [4.78, 5) is 29.9. The fraction of sp³-hybridized carbons (Fsp3) is 0.360. The summed E-state index contributed by atoms with van der Waals surface area (Å²) in [5.74, 6) is 0.883. The summed E-state index contributed by atoms with van der Waals surface area (Å²) in [6, 6.07) is 8.88. The van der Waals surface area contributed by atoms with Crippen LogP contribution in [-0.2, 0) is 9.53 Å². The third-order valence-electron chi connectivity index (χ3n) is 5.16. The molecule has 0 saturated carbocycles. The van der Waals surface area contributed by atoms with Crippen molar-refractivity contribution < 1.29 is 19.0 Å². The summed E-state index contributed by atoms with van der Waals surface area (Å²) in [6.45, 7) is 7.32. The van der Waals surface area contributed by atoms with Gasteiger partial charge < -0.3 is 14.2 Å². The minimum Gasteiger partial charge on any atom is -0.493 e. The van der Waals surface area contributed by atoms with Crippen LogP contribution in [0.25, 0.3) is 10.9 Å². The Morgan fingerprint density at radius 3 is 2.60 bits per heavy atom. The summed E-state index contributed by atoms with van der Waals surface area (Å²) < 4.78 is 18.9. The van der Waals surface area contributed by atoms with E-state index in [2.05, 4.69) is 37.0 Å². The Morgan fingerprint density at radius 1 is 1.20 bits per heavy atom. The minimum absolute atomic E-state index is 0.0236. The lowest BCUT2D eigenvalue weighted by Gasteiger charge is -2.15. The molecule has 1 atom stereocenters. The zero-order chi connectivity index (χ0) is 25.7. The number of rotatable bonds is 9. The second-order valence-electron chi connectivity index (χ2n) is 8.16. The van der Waals surface area contributed by atoms with E-state index < -0.39 is 5.97 Å². The zero-order valence-corrected chi connectivity index (χ0v) is 23.3. The highest BCUT2D eigenvalue weighted by atomic mass is 79.9. The van der Waals surface area contributed by atoms with E-state index in [0.29, 0.717) is 38.3 Å². The maximum Gasteiger partial charge on any atom is 0.344 e. The highest BCUT2D eigenvalue weighted by Gasteiger charge is 2.17. The molecule has 0 bridgehead atoms. The Bertz CT molecular complexity index is 1320. The Kier molecular flexibility index (Phi) is 9.07. The Hall–Kier alpha value is -2.72. The van der Waals surface area contributed by atoms with Crippen molar-refractivity contribution in [3.63, 3.8) is 0 Å². The molecule has 10 heteroatoms. The maximum atomic E-state index is 13.3. The topological polar surface area (TPSA) is 92.0 Å². The molecule has 1 heterocycles. The van der Waals surface area contributed by atoms with Crippen molar-refractivity contribution in [2.45, 2.75) is 46.1 Å².